The van der Waals surface area contributed by atoms with Gasteiger partial charge in [0.05, 0.1) is 12.2 Å². The van der Waals surface area contributed by atoms with E-state index in [1.165, 1.54) is 6.07 Å². The highest BCUT2D eigenvalue weighted by molar-refractivity contribution is 7.39. The molecule has 1 heterocycles. The summed E-state index contributed by atoms with van der Waals surface area (Å²) in [6, 6.07) is 3.71. The predicted octanol–water partition coefficient (Wildman–Crippen LogP) is 4.49. The lowest BCUT2D eigenvalue weighted by Crippen LogP contribution is -1.94. The quantitative estimate of drug-likeness (QED) is 0.825. The Balaban J connectivity index is 2.48. The molecule has 0 spiro atoms. The van der Waals surface area contributed by atoms with E-state index in [0.29, 0.717) is 4.70 Å². The molecule has 20 heavy (non-hydrogen) atoms. The first kappa shape index (κ1) is 15.0. The lowest BCUT2D eigenvalue weighted by Gasteiger charge is -2.01. The van der Waals surface area contributed by atoms with Gasteiger partial charge in [-0.15, -0.1) is 15.9 Å². The molecule has 2 atom stereocenters. The summed E-state index contributed by atoms with van der Waals surface area (Å²) >= 11 is 0.893. The number of hydrogen-bond donors (Lipinski definition) is 1. The van der Waals surface area contributed by atoms with E-state index in [9.17, 15) is 18.1 Å². The molecular weight excluding hydrogens is 309 g/mol. The number of aromatic carboxylic acids is 1. The molecule has 106 valence electrons. The molecule has 0 amide bonds. The molecule has 8 heteroatoms. The van der Waals surface area contributed by atoms with E-state index in [1.54, 1.807) is 6.92 Å². The van der Waals surface area contributed by atoms with Crippen molar-refractivity contribution in [1.82, 2.24) is 0 Å². The summed E-state index contributed by atoms with van der Waals surface area (Å²) < 4.78 is 44.6. The summed E-state index contributed by atoms with van der Waals surface area (Å²) in [6.45, 7) is 1.61. The van der Waals surface area contributed by atoms with Gasteiger partial charge >= 0.3 is 19.9 Å². The van der Waals surface area contributed by atoms with Gasteiger partial charge in [0, 0.05) is 10.1 Å². The molecular formula is C12H10F2O4PS+. The SMILES string of the molecule is CCO[P+](=O)C(F)c1ccc2sc(C(=O)O)cc2c1F. The molecule has 0 saturated heterocycles. The normalized spacial score (nSPS) is 13.4. The van der Waals surface area contributed by atoms with Gasteiger partial charge in [-0.1, -0.05) is 0 Å². The van der Waals surface area contributed by atoms with Crippen molar-refractivity contribution in [3.63, 3.8) is 0 Å². The summed E-state index contributed by atoms with van der Waals surface area (Å²) in [5.74, 6) is -4.16. The molecule has 1 aromatic heterocycles. The van der Waals surface area contributed by atoms with E-state index in [-0.39, 0.29) is 22.4 Å². The number of carbonyl (C=O) groups is 1. The van der Waals surface area contributed by atoms with E-state index in [4.69, 9.17) is 5.11 Å². The lowest BCUT2D eigenvalue weighted by atomic mass is 10.1. The van der Waals surface area contributed by atoms with Crippen LogP contribution < -0.4 is 0 Å². The summed E-state index contributed by atoms with van der Waals surface area (Å²) in [5.41, 5.74) is -0.387. The Kier molecular flexibility index (Phi) is 4.42. The van der Waals surface area contributed by atoms with Gasteiger partial charge in [0.2, 0.25) is 0 Å². The second-order valence-electron chi connectivity index (χ2n) is 3.84. The number of thiophene rings is 1. The third-order valence-electron chi connectivity index (χ3n) is 2.57. The van der Waals surface area contributed by atoms with Crippen LogP contribution in [0.4, 0.5) is 8.78 Å². The standard InChI is InChI=1S/C12H9F2O4PS/c1-2-18-19(17)11(14)6-3-4-8-7(10(6)13)5-9(20-8)12(15)16/h3-5,11H,2H2,1H3/p+1. The summed E-state index contributed by atoms with van der Waals surface area (Å²) in [4.78, 5) is 10.8. The smallest absolute Gasteiger partial charge is 0.477 e. The maximum absolute atomic E-state index is 14.2. The molecule has 4 nitrogen and oxygen atoms in total. The summed E-state index contributed by atoms with van der Waals surface area (Å²) in [7, 11) is -2.66. The van der Waals surface area contributed by atoms with Gasteiger partial charge in [-0.25, -0.2) is 9.18 Å². The van der Waals surface area contributed by atoms with Gasteiger partial charge in [-0.2, -0.15) is 4.39 Å². The van der Waals surface area contributed by atoms with Gasteiger partial charge in [0.1, 0.15) is 10.7 Å². The highest BCUT2D eigenvalue weighted by Crippen LogP contribution is 2.45. The zero-order valence-corrected chi connectivity index (χ0v) is 12.0. The first-order chi connectivity index (χ1) is 9.45. The predicted molar refractivity (Wildman–Crippen MR) is 71.8 cm³/mol. The molecule has 2 rings (SSSR count). The number of benzene rings is 1. The second kappa shape index (κ2) is 5.91. The van der Waals surface area contributed by atoms with Crippen LogP contribution in [0.3, 0.4) is 0 Å². The fourth-order valence-corrected chi connectivity index (χ4v) is 3.40. The van der Waals surface area contributed by atoms with E-state index < -0.39 is 25.7 Å². The van der Waals surface area contributed by atoms with Crippen molar-refractivity contribution in [2.45, 2.75) is 12.8 Å². The number of halogens is 2. The minimum absolute atomic E-state index is 0.00690. The van der Waals surface area contributed by atoms with Crippen LogP contribution in [0, 0.1) is 5.82 Å². The minimum atomic E-state index is -2.66. The van der Waals surface area contributed by atoms with Crippen molar-refractivity contribution < 1.29 is 27.8 Å². The zero-order valence-electron chi connectivity index (χ0n) is 10.3. The van der Waals surface area contributed by atoms with Gasteiger partial charge in [0.15, 0.2) is 0 Å². The Labute approximate surface area is 117 Å². The molecule has 1 N–H and O–H groups in total. The average molecular weight is 319 g/mol. The second-order valence-corrected chi connectivity index (χ2v) is 6.20. The van der Waals surface area contributed by atoms with Crippen LogP contribution >= 0.6 is 19.4 Å². The van der Waals surface area contributed by atoms with Crippen molar-refractivity contribution in [2.24, 2.45) is 0 Å². The lowest BCUT2D eigenvalue weighted by molar-refractivity contribution is 0.0702. The molecule has 2 aromatic rings. The third kappa shape index (κ3) is 2.70. The van der Waals surface area contributed by atoms with Gasteiger partial charge in [0.25, 0.3) is 0 Å². The fourth-order valence-electron chi connectivity index (χ4n) is 1.69. The number of carboxylic acids is 1. The van der Waals surface area contributed by atoms with Crippen molar-refractivity contribution in [3.8, 4) is 0 Å². The number of carboxylic acid groups (broad SMARTS) is 1. The summed E-state index contributed by atoms with van der Waals surface area (Å²) in [6.07, 6.45) is 0. The van der Waals surface area contributed by atoms with Crippen LogP contribution in [0.5, 0.6) is 0 Å². The zero-order chi connectivity index (χ0) is 14.9. The molecule has 0 aliphatic rings. The molecule has 1 aromatic carbocycles. The molecule has 0 bridgehead atoms. The molecule has 0 radical (unpaired) electrons. The fraction of sp³-hybridized carbons (Fsp3) is 0.250. The molecule has 2 unspecified atom stereocenters. The van der Waals surface area contributed by atoms with E-state index in [2.05, 4.69) is 4.52 Å². The van der Waals surface area contributed by atoms with Crippen LogP contribution in [0.25, 0.3) is 10.1 Å². The first-order valence-electron chi connectivity index (χ1n) is 5.64. The number of rotatable bonds is 5. The molecule has 0 aliphatic heterocycles. The largest absolute Gasteiger partial charge is 0.550 e. The van der Waals surface area contributed by atoms with Crippen molar-refractivity contribution in [3.05, 3.63) is 34.5 Å². The van der Waals surface area contributed by atoms with E-state index in [1.807, 2.05) is 0 Å². The Hall–Kier alpha value is -1.43. The van der Waals surface area contributed by atoms with Gasteiger partial charge in [-0.05, 0) is 29.7 Å². The third-order valence-corrected chi connectivity index (χ3v) is 4.82. The number of fused-ring (bicyclic) bond motifs is 1. The maximum atomic E-state index is 14.2. The average Bonchev–Trinajstić information content (AvgIpc) is 2.84. The Morgan fingerprint density at radius 1 is 1.55 bits per heavy atom. The van der Waals surface area contributed by atoms with Crippen LogP contribution in [0.1, 0.15) is 28.1 Å². The Morgan fingerprint density at radius 3 is 2.85 bits per heavy atom. The highest BCUT2D eigenvalue weighted by Gasteiger charge is 2.37. The van der Waals surface area contributed by atoms with E-state index in [0.717, 1.165) is 23.5 Å². The Morgan fingerprint density at radius 2 is 2.25 bits per heavy atom. The first-order valence-corrected chi connectivity index (χ1v) is 7.70. The topological polar surface area (TPSA) is 63.6 Å². The van der Waals surface area contributed by atoms with Crippen LogP contribution in [-0.4, -0.2) is 17.7 Å². The molecule has 0 aliphatic carbocycles. The number of hydrogen-bond acceptors (Lipinski definition) is 4. The van der Waals surface area contributed by atoms with E-state index >= 15 is 0 Å². The van der Waals surface area contributed by atoms with Crippen LogP contribution in [0.2, 0.25) is 0 Å². The highest BCUT2D eigenvalue weighted by atomic mass is 32.1. The van der Waals surface area contributed by atoms with Crippen molar-refractivity contribution in [2.75, 3.05) is 6.61 Å². The maximum Gasteiger partial charge on any atom is 0.550 e. The monoisotopic (exact) mass is 319 g/mol. The van der Waals surface area contributed by atoms with Gasteiger partial charge in [-0.3, -0.25) is 0 Å². The Bertz CT molecular complexity index is 685. The van der Waals surface area contributed by atoms with Crippen LogP contribution in [-0.2, 0) is 9.09 Å². The number of alkyl halides is 1. The van der Waals surface area contributed by atoms with Crippen molar-refractivity contribution >= 4 is 35.4 Å². The molecule has 0 saturated carbocycles. The van der Waals surface area contributed by atoms with Gasteiger partial charge < -0.3 is 5.11 Å². The van der Waals surface area contributed by atoms with Crippen molar-refractivity contribution in [1.29, 1.82) is 0 Å². The minimum Gasteiger partial charge on any atom is -0.477 e. The molecule has 0 fully saturated rings. The summed E-state index contributed by atoms with van der Waals surface area (Å²) in [5, 5.41) is 8.87. The van der Waals surface area contributed by atoms with Crippen LogP contribution in [0.15, 0.2) is 18.2 Å².